The standard InChI is InChI=1S/C56H105NO3/c1-3-5-7-9-11-13-14-15-16-17-18-19-20-21-22-23-24-25-26-27-28-29-30-31-32-33-34-35-36-37-38-39-40-41-42-44-46-48-50-52-56(60)57-54(53-58)55(59)51-49-47-45-43-12-10-8-6-4-2/h14-15,17-18,20-21,49,51,54-55,58-59H,3-13,16,19,22-48,50,52-53H2,1-2H3,(H,57,60)/b15-14-,18-17-,21-20-,51-49+. The maximum Gasteiger partial charge on any atom is 0.220 e. The molecule has 1 amide bonds. The summed E-state index contributed by atoms with van der Waals surface area (Å²) in [5.74, 6) is -0.0631. The van der Waals surface area contributed by atoms with E-state index in [1.807, 2.05) is 6.08 Å². The number of aliphatic hydroxyl groups excluding tert-OH is 2. The highest BCUT2D eigenvalue weighted by molar-refractivity contribution is 5.76. The zero-order chi connectivity index (χ0) is 43.5. The van der Waals surface area contributed by atoms with E-state index in [-0.39, 0.29) is 12.5 Å². The molecule has 0 bridgehead atoms. The van der Waals surface area contributed by atoms with Crippen LogP contribution in [0.1, 0.15) is 284 Å². The van der Waals surface area contributed by atoms with Crippen LogP contribution in [0.3, 0.4) is 0 Å². The van der Waals surface area contributed by atoms with E-state index in [4.69, 9.17) is 0 Å². The molecule has 0 aromatic carbocycles. The second-order valence-corrected chi connectivity index (χ2v) is 18.3. The molecule has 4 nitrogen and oxygen atoms in total. The molecule has 3 N–H and O–H groups in total. The first-order valence-electron chi connectivity index (χ1n) is 26.9. The quantitative estimate of drug-likeness (QED) is 0.0422. The maximum atomic E-state index is 12.4. The molecule has 352 valence electrons. The van der Waals surface area contributed by atoms with Crippen molar-refractivity contribution >= 4 is 5.91 Å². The highest BCUT2D eigenvalue weighted by atomic mass is 16.3. The molecule has 0 heterocycles. The van der Waals surface area contributed by atoms with Gasteiger partial charge in [0.2, 0.25) is 5.91 Å². The van der Waals surface area contributed by atoms with Crippen LogP contribution in [0.25, 0.3) is 0 Å². The van der Waals surface area contributed by atoms with E-state index in [1.165, 1.54) is 225 Å². The van der Waals surface area contributed by atoms with Gasteiger partial charge in [0.25, 0.3) is 0 Å². The number of unbranched alkanes of at least 4 members (excludes halogenated alkanes) is 36. The lowest BCUT2D eigenvalue weighted by atomic mass is 10.0. The fraction of sp³-hybridized carbons (Fsp3) is 0.839. The molecule has 2 unspecified atom stereocenters. The van der Waals surface area contributed by atoms with Gasteiger partial charge in [-0.3, -0.25) is 4.79 Å². The van der Waals surface area contributed by atoms with Gasteiger partial charge in [0.15, 0.2) is 0 Å². The minimum absolute atomic E-state index is 0.0631. The Morgan fingerprint density at radius 2 is 0.683 bits per heavy atom. The van der Waals surface area contributed by atoms with Crippen LogP contribution in [0.4, 0.5) is 0 Å². The molecule has 0 spiro atoms. The summed E-state index contributed by atoms with van der Waals surface area (Å²) in [4.78, 5) is 12.4. The van der Waals surface area contributed by atoms with Gasteiger partial charge in [-0.05, 0) is 57.8 Å². The van der Waals surface area contributed by atoms with Gasteiger partial charge in [0, 0.05) is 6.42 Å². The Morgan fingerprint density at radius 3 is 1.02 bits per heavy atom. The zero-order valence-electron chi connectivity index (χ0n) is 40.5. The Kier molecular flexibility index (Phi) is 50.3. The van der Waals surface area contributed by atoms with Crippen LogP contribution in [-0.4, -0.2) is 34.9 Å². The number of hydrogen-bond donors (Lipinski definition) is 3. The summed E-state index contributed by atoms with van der Waals surface area (Å²) < 4.78 is 0. The number of aliphatic hydroxyl groups is 2. The van der Waals surface area contributed by atoms with Gasteiger partial charge in [-0.15, -0.1) is 0 Å². The summed E-state index contributed by atoms with van der Waals surface area (Å²) in [6, 6.07) is -0.618. The molecule has 2 atom stereocenters. The van der Waals surface area contributed by atoms with Gasteiger partial charge in [-0.1, -0.05) is 268 Å². The van der Waals surface area contributed by atoms with Crippen molar-refractivity contribution in [2.24, 2.45) is 0 Å². The summed E-state index contributed by atoms with van der Waals surface area (Å²) >= 11 is 0. The molecule has 60 heavy (non-hydrogen) atoms. The van der Waals surface area contributed by atoms with E-state index in [0.717, 1.165) is 38.5 Å². The Morgan fingerprint density at radius 1 is 0.400 bits per heavy atom. The number of rotatable bonds is 49. The largest absolute Gasteiger partial charge is 0.394 e. The van der Waals surface area contributed by atoms with Gasteiger partial charge >= 0.3 is 0 Å². The molecule has 0 aromatic heterocycles. The van der Waals surface area contributed by atoms with Gasteiger partial charge in [0.05, 0.1) is 18.8 Å². The molecular weight excluding hydrogens is 735 g/mol. The Balaban J connectivity index is 3.37. The third kappa shape index (κ3) is 47.4. The van der Waals surface area contributed by atoms with E-state index in [0.29, 0.717) is 6.42 Å². The first-order chi connectivity index (χ1) is 29.7. The summed E-state index contributed by atoms with van der Waals surface area (Å²) in [6.07, 6.45) is 71.4. The highest BCUT2D eigenvalue weighted by Gasteiger charge is 2.18. The fourth-order valence-corrected chi connectivity index (χ4v) is 8.19. The van der Waals surface area contributed by atoms with Crippen LogP contribution in [0, 0.1) is 0 Å². The molecular formula is C56H105NO3. The zero-order valence-corrected chi connectivity index (χ0v) is 40.5. The van der Waals surface area contributed by atoms with Crippen molar-refractivity contribution in [3.63, 3.8) is 0 Å². The molecule has 4 heteroatoms. The second kappa shape index (κ2) is 51.7. The average molecular weight is 840 g/mol. The monoisotopic (exact) mass is 840 g/mol. The number of hydrogen-bond acceptors (Lipinski definition) is 3. The van der Waals surface area contributed by atoms with E-state index in [9.17, 15) is 15.0 Å². The first-order valence-corrected chi connectivity index (χ1v) is 26.9. The third-order valence-electron chi connectivity index (χ3n) is 12.3. The third-order valence-corrected chi connectivity index (χ3v) is 12.3. The Bertz CT molecular complexity index is 954. The minimum Gasteiger partial charge on any atom is -0.394 e. The van der Waals surface area contributed by atoms with E-state index in [2.05, 4.69) is 55.6 Å². The van der Waals surface area contributed by atoms with Gasteiger partial charge in [-0.2, -0.15) is 0 Å². The number of nitrogens with one attached hydrogen (secondary N) is 1. The predicted octanol–water partition coefficient (Wildman–Crippen LogP) is 17.5. The maximum absolute atomic E-state index is 12.4. The van der Waals surface area contributed by atoms with E-state index >= 15 is 0 Å². The predicted molar refractivity (Wildman–Crippen MR) is 267 cm³/mol. The highest BCUT2D eigenvalue weighted by Crippen LogP contribution is 2.17. The topological polar surface area (TPSA) is 69.6 Å². The van der Waals surface area contributed by atoms with Crippen LogP contribution < -0.4 is 5.32 Å². The summed E-state index contributed by atoms with van der Waals surface area (Å²) in [6.45, 7) is 4.28. The van der Waals surface area contributed by atoms with Crippen LogP contribution in [0.5, 0.6) is 0 Å². The van der Waals surface area contributed by atoms with Crippen LogP contribution >= 0.6 is 0 Å². The SMILES string of the molecule is CCCCCCC/C=C\C/C=C\C/C=C\CCCCCCCCCCCCCCCCCCCCCCCCCCC(=O)NC(CO)C(O)/C=C/CCCCCCCCC. The lowest BCUT2D eigenvalue weighted by Crippen LogP contribution is -2.45. The molecule has 0 saturated carbocycles. The molecule has 0 rings (SSSR count). The van der Waals surface area contributed by atoms with Crippen LogP contribution in [-0.2, 0) is 4.79 Å². The Hall–Kier alpha value is -1.65. The van der Waals surface area contributed by atoms with Crippen molar-refractivity contribution in [3.05, 3.63) is 48.6 Å². The van der Waals surface area contributed by atoms with Crippen molar-refractivity contribution in [1.82, 2.24) is 5.32 Å². The van der Waals surface area contributed by atoms with Crippen molar-refractivity contribution in [1.29, 1.82) is 0 Å². The molecule has 0 aliphatic heterocycles. The number of allylic oxidation sites excluding steroid dienone is 7. The first kappa shape index (κ1) is 58.4. The van der Waals surface area contributed by atoms with Crippen molar-refractivity contribution in [2.75, 3.05) is 6.61 Å². The van der Waals surface area contributed by atoms with Crippen LogP contribution in [0.2, 0.25) is 0 Å². The minimum atomic E-state index is -0.835. The van der Waals surface area contributed by atoms with Crippen molar-refractivity contribution < 1.29 is 15.0 Å². The number of carbonyl (C=O) groups is 1. The van der Waals surface area contributed by atoms with Gasteiger partial charge < -0.3 is 15.5 Å². The lowest BCUT2D eigenvalue weighted by molar-refractivity contribution is -0.123. The molecule has 0 aromatic rings. The second-order valence-electron chi connectivity index (χ2n) is 18.3. The molecule has 0 aliphatic carbocycles. The van der Waals surface area contributed by atoms with Gasteiger partial charge in [-0.25, -0.2) is 0 Å². The van der Waals surface area contributed by atoms with Gasteiger partial charge in [0.1, 0.15) is 0 Å². The molecule has 0 saturated heterocycles. The fourth-order valence-electron chi connectivity index (χ4n) is 8.19. The lowest BCUT2D eigenvalue weighted by Gasteiger charge is -2.20. The summed E-state index contributed by atoms with van der Waals surface area (Å²) in [7, 11) is 0. The summed E-state index contributed by atoms with van der Waals surface area (Å²) in [5.41, 5.74) is 0. The number of amides is 1. The van der Waals surface area contributed by atoms with E-state index < -0.39 is 12.1 Å². The van der Waals surface area contributed by atoms with Crippen molar-refractivity contribution in [2.45, 2.75) is 296 Å². The average Bonchev–Trinajstić information content (AvgIpc) is 3.25. The van der Waals surface area contributed by atoms with Crippen LogP contribution in [0.15, 0.2) is 48.6 Å². The molecule has 0 fully saturated rings. The smallest absolute Gasteiger partial charge is 0.220 e. The number of carbonyl (C=O) groups excluding carboxylic acids is 1. The summed E-state index contributed by atoms with van der Waals surface area (Å²) in [5, 5.41) is 22.9. The Labute approximate surface area is 375 Å². The van der Waals surface area contributed by atoms with E-state index in [1.54, 1.807) is 6.08 Å². The normalized spacial score (nSPS) is 13.2. The van der Waals surface area contributed by atoms with Crippen molar-refractivity contribution in [3.8, 4) is 0 Å². The molecule has 0 aliphatic rings. The molecule has 0 radical (unpaired) electrons.